The third kappa shape index (κ3) is 3.45. The number of aliphatic carboxylic acids is 1. The molecule has 3 rings (SSSR count). The van der Waals surface area contributed by atoms with Crippen molar-refractivity contribution in [3.63, 3.8) is 0 Å². The standard InChI is InChI=1S/C17H17ClN2O3/c18-12-4-1-3-11(9-12)7-8-15-19-17(23)13-5-2-6-14(13)20(15)10-16(21)22/h1,3-4,9H,2,5-8,10H2,(H,21,22). The molecule has 0 spiro atoms. The lowest BCUT2D eigenvalue weighted by Gasteiger charge is -2.15. The molecule has 1 heterocycles. The van der Waals surface area contributed by atoms with Crippen molar-refractivity contribution < 1.29 is 9.90 Å². The topological polar surface area (TPSA) is 72.2 Å². The number of aryl methyl sites for hydroxylation is 2. The van der Waals surface area contributed by atoms with Crippen LogP contribution in [-0.4, -0.2) is 20.6 Å². The second-order valence-electron chi connectivity index (χ2n) is 5.72. The molecule has 1 N–H and O–H groups in total. The van der Waals surface area contributed by atoms with E-state index in [9.17, 15) is 9.59 Å². The van der Waals surface area contributed by atoms with Gasteiger partial charge in [0.05, 0.1) is 0 Å². The number of rotatable bonds is 5. The molecule has 1 aromatic heterocycles. The highest BCUT2D eigenvalue weighted by Gasteiger charge is 2.22. The minimum Gasteiger partial charge on any atom is -0.480 e. The molecule has 2 aromatic rings. The summed E-state index contributed by atoms with van der Waals surface area (Å²) in [7, 11) is 0. The number of nitrogens with zero attached hydrogens (tertiary/aromatic N) is 2. The van der Waals surface area contributed by atoms with Crippen molar-refractivity contribution in [2.45, 2.75) is 38.6 Å². The molecule has 23 heavy (non-hydrogen) atoms. The molecule has 1 aliphatic carbocycles. The van der Waals surface area contributed by atoms with E-state index >= 15 is 0 Å². The SMILES string of the molecule is O=C(O)Cn1c(CCc2cccc(Cl)c2)nc(=O)c2c1CCC2. The molecule has 120 valence electrons. The highest BCUT2D eigenvalue weighted by molar-refractivity contribution is 6.30. The Labute approximate surface area is 138 Å². The van der Waals surface area contributed by atoms with Gasteiger partial charge in [-0.05, 0) is 43.4 Å². The van der Waals surface area contributed by atoms with Gasteiger partial charge in [-0.25, -0.2) is 0 Å². The van der Waals surface area contributed by atoms with Crippen molar-refractivity contribution in [3.05, 3.63) is 62.3 Å². The van der Waals surface area contributed by atoms with Crippen LogP contribution in [0.4, 0.5) is 0 Å². The van der Waals surface area contributed by atoms with Crippen molar-refractivity contribution in [1.29, 1.82) is 0 Å². The van der Waals surface area contributed by atoms with Crippen LogP contribution in [0.2, 0.25) is 5.02 Å². The fourth-order valence-corrected chi connectivity index (χ4v) is 3.33. The largest absolute Gasteiger partial charge is 0.480 e. The quantitative estimate of drug-likeness (QED) is 0.911. The van der Waals surface area contributed by atoms with Crippen LogP contribution >= 0.6 is 11.6 Å². The van der Waals surface area contributed by atoms with Gasteiger partial charge < -0.3 is 9.67 Å². The average Bonchev–Trinajstić information content (AvgIpc) is 2.98. The second-order valence-corrected chi connectivity index (χ2v) is 6.16. The van der Waals surface area contributed by atoms with E-state index in [2.05, 4.69) is 4.98 Å². The van der Waals surface area contributed by atoms with Gasteiger partial charge in [0.15, 0.2) is 0 Å². The van der Waals surface area contributed by atoms with Gasteiger partial charge in [-0.3, -0.25) is 9.59 Å². The Bertz CT molecular complexity index is 814. The lowest BCUT2D eigenvalue weighted by Crippen LogP contribution is -2.26. The number of carbonyl (C=O) groups is 1. The summed E-state index contributed by atoms with van der Waals surface area (Å²) >= 11 is 5.98. The number of aromatic nitrogens is 2. The first-order valence-electron chi connectivity index (χ1n) is 7.62. The first-order valence-corrected chi connectivity index (χ1v) is 8.00. The van der Waals surface area contributed by atoms with Crippen molar-refractivity contribution in [3.8, 4) is 0 Å². The van der Waals surface area contributed by atoms with Crippen molar-refractivity contribution in [2.24, 2.45) is 0 Å². The van der Waals surface area contributed by atoms with E-state index in [0.29, 0.717) is 35.7 Å². The summed E-state index contributed by atoms with van der Waals surface area (Å²) in [5, 5.41) is 9.83. The van der Waals surface area contributed by atoms with Gasteiger partial charge in [0.1, 0.15) is 12.4 Å². The van der Waals surface area contributed by atoms with E-state index in [1.807, 2.05) is 18.2 Å². The first-order chi connectivity index (χ1) is 11.0. The zero-order valence-corrected chi connectivity index (χ0v) is 13.3. The number of halogens is 1. The van der Waals surface area contributed by atoms with E-state index < -0.39 is 5.97 Å². The van der Waals surface area contributed by atoms with Crippen LogP contribution in [0, 0.1) is 0 Å². The van der Waals surface area contributed by atoms with Crippen LogP contribution < -0.4 is 5.56 Å². The molecule has 0 unspecified atom stereocenters. The number of benzene rings is 1. The molecular weight excluding hydrogens is 316 g/mol. The Morgan fingerprint density at radius 3 is 2.87 bits per heavy atom. The summed E-state index contributed by atoms with van der Waals surface area (Å²) in [4.78, 5) is 27.5. The second kappa shape index (κ2) is 6.54. The summed E-state index contributed by atoms with van der Waals surface area (Å²) in [5.41, 5.74) is 2.35. The zero-order chi connectivity index (χ0) is 16.4. The normalized spacial score (nSPS) is 13.1. The Kier molecular flexibility index (Phi) is 4.48. The Balaban J connectivity index is 1.93. The van der Waals surface area contributed by atoms with Gasteiger partial charge in [0.25, 0.3) is 5.56 Å². The molecule has 5 nitrogen and oxygen atoms in total. The molecule has 0 saturated heterocycles. The molecule has 0 bridgehead atoms. The van der Waals surface area contributed by atoms with Crippen LogP contribution in [0.15, 0.2) is 29.1 Å². The molecule has 6 heteroatoms. The molecule has 1 aromatic carbocycles. The summed E-state index contributed by atoms with van der Waals surface area (Å²) in [6, 6.07) is 7.50. The van der Waals surface area contributed by atoms with Gasteiger partial charge >= 0.3 is 5.97 Å². The van der Waals surface area contributed by atoms with Crippen LogP contribution in [0.1, 0.15) is 29.1 Å². The van der Waals surface area contributed by atoms with Crippen LogP contribution in [-0.2, 0) is 37.0 Å². The lowest BCUT2D eigenvalue weighted by molar-refractivity contribution is -0.137. The minimum absolute atomic E-state index is 0.152. The Morgan fingerprint density at radius 1 is 1.30 bits per heavy atom. The predicted molar refractivity (Wildman–Crippen MR) is 87.0 cm³/mol. The van der Waals surface area contributed by atoms with Gasteiger partial charge in [0, 0.05) is 22.7 Å². The van der Waals surface area contributed by atoms with Crippen molar-refractivity contribution >= 4 is 17.6 Å². The average molecular weight is 333 g/mol. The molecule has 0 aliphatic heterocycles. The highest BCUT2D eigenvalue weighted by atomic mass is 35.5. The monoisotopic (exact) mass is 332 g/mol. The Morgan fingerprint density at radius 2 is 2.13 bits per heavy atom. The van der Waals surface area contributed by atoms with Gasteiger partial charge in [-0.1, -0.05) is 23.7 Å². The van der Waals surface area contributed by atoms with Crippen molar-refractivity contribution in [1.82, 2.24) is 9.55 Å². The van der Waals surface area contributed by atoms with Crippen LogP contribution in [0.3, 0.4) is 0 Å². The maximum Gasteiger partial charge on any atom is 0.323 e. The molecule has 1 aliphatic rings. The lowest BCUT2D eigenvalue weighted by atomic mass is 10.1. The fourth-order valence-electron chi connectivity index (χ4n) is 3.12. The van der Waals surface area contributed by atoms with Gasteiger partial charge in [-0.15, -0.1) is 0 Å². The maximum atomic E-state index is 12.1. The molecule has 0 fully saturated rings. The smallest absolute Gasteiger partial charge is 0.323 e. The number of carboxylic acid groups (broad SMARTS) is 1. The summed E-state index contributed by atoms with van der Waals surface area (Å²) in [5.74, 6) is -0.383. The number of fused-ring (bicyclic) bond motifs is 1. The molecule has 0 atom stereocenters. The molecule has 0 saturated carbocycles. The molecular formula is C17H17ClN2O3. The van der Waals surface area contributed by atoms with Crippen LogP contribution in [0.25, 0.3) is 0 Å². The van der Waals surface area contributed by atoms with E-state index in [1.165, 1.54) is 0 Å². The number of hydrogen-bond donors (Lipinski definition) is 1. The van der Waals surface area contributed by atoms with Gasteiger partial charge in [-0.2, -0.15) is 4.98 Å². The number of hydrogen-bond acceptors (Lipinski definition) is 3. The number of carboxylic acids is 1. The van der Waals surface area contributed by atoms with Gasteiger partial charge in [0.2, 0.25) is 0 Å². The predicted octanol–water partition coefficient (Wildman–Crippen LogP) is 2.26. The van der Waals surface area contributed by atoms with E-state index in [1.54, 1.807) is 10.6 Å². The van der Waals surface area contributed by atoms with E-state index in [4.69, 9.17) is 16.7 Å². The van der Waals surface area contributed by atoms with E-state index in [0.717, 1.165) is 24.1 Å². The van der Waals surface area contributed by atoms with Crippen molar-refractivity contribution in [2.75, 3.05) is 0 Å². The molecule has 0 radical (unpaired) electrons. The van der Waals surface area contributed by atoms with Crippen LogP contribution in [0.5, 0.6) is 0 Å². The molecule has 0 amide bonds. The van der Waals surface area contributed by atoms with E-state index in [-0.39, 0.29) is 12.1 Å². The summed E-state index contributed by atoms with van der Waals surface area (Å²) in [6.07, 6.45) is 3.48. The fraction of sp³-hybridized carbons (Fsp3) is 0.353. The Hall–Kier alpha value is -2.14. The minimum atomic E-state index is -0.923. The summed E-state index contributed by atoms with van der Waals surface area (Å²) in [6.45, 7) is -0.152. The summed E-state index contributed by atoms with van der Waals surface area (Å²) < 4.78 is 1.70. The highest BCUT2D eigenvalue weighted by Crippen LogP contribution is 2.20. The third-order valence-corrected chi connectivity index (χ3v) is 4.37. The zero-order valence-electron chi connectivity index (χ0n) is 12.6. The maximum absolute atomic E-state index is 12.1. The third-order valence-electron chi connectivity index (χ3n) is 4.13. The first kappa shape index (κ1) is 15.7.